The molecule has 3 aromatic rings. The molecule has 74 valence electrons. The molecule has 0 atom stereocenters. The van der Waals surface area contributed by atoms with Gasteiger partial charge in [-0.3, -0.25) is 0 Å². The summed E-state index contributed by atoms with van der Waals surface area (Å²) in [4.78, 5) is 4.05. The lowest BCUT2D eigenvalue weighted by Gasteiger charge is -2.04. The molecule has 0 aliphatic rings. The standard InChI is InChI=1S/C11H6ClFN2/c12-11-9-5-2-6-15(9)8-4-1-3-7(13)10(8)14-11/h1-6H. The van der Waals surface area contributed by atoms with Gasteiger partial charge in [-0.25, -0.2) is 9.37 Å². The topological polar surface area (TPSA) is 17.3 Å². The summed E-state index contributed by atoms with van der Waals surface area (Å²) in [7, 11) is 0. The molecule has 2 aromatic heterocycles. The normalized spacial score (nSPS) is 11.3. The number of rotatable bonds is 0. The van der Waals surface area contributed by atoms with E-state index in [0.29, 0.717) is 10.7 Å². The minimum Gasteiger partial charge on any atom is -0.312 e. The first kappa shape index (κ1) is 8.68. The van der Waals surface area contributed by atoms with Crippen LogP contribution in [0.4, 0.5) is 4.39 Å². The average Bonchev–Trinajstić information content (AvgIpc) is 2.69. The lowest BCUT2D eigenvalue weighted by molar-refractivity contribution is 0.636. The van der Waals surface area contributed by atoms with E-state index in [1.54, 1.807) is 6.07 Å². The molecule has 0 fully saturated rings. The highest BCUT2D eigenvalue weighted by atomic mass is 35.5. The van der Waals surface area contributed by atoms with Gasteiger partial charge in [-0.2, -0.15) is 0 Å². The van der Waals surface area contributed by atoms with Crippen LogP contribution in [0.3, 0.4) is 0 Å². The van der Waals surface area contributed by atoms with Gasteiger partial charge in [0.1, 0.15) is 5.52 Å². The third-order valence-electron chi connectivity index (χ3n) is 2.40. The van der Waals surface area contributed by atoms with E-state index in [-0.39, 0.29) is 5.82 Å². The number of halogens is 2. The van der Waals surface area contributed by atoms with E-state index in [2.05, 4.69) is 4.98 Å². The summed E-state index contributed by atoms with van der Waals surface area (Å²) in [5, 5.41) is 0.317. The maximum absolute atomic E-state index is 13.5. The molecular formula is C11H6ClFN2. The molecule has 2 heterocycles. The van der Waals surface area contributed by atoms with Crippen LogP contribution in [-0.4, -0.2) is 9.38 Å². The number of hydrogen-bond donors (Lipinski definition) is 0. The second-order valence-electron chi connectivity index (χ2n) is 3.27. The lowest BCUT2D eigenvalue weighted by Crippen LogP contribution is -1.93. The number of benzene rings is 1. The zero-order valence-corrected chi connectivity index (χ0v) is 8.37. The number of fused-ring (bicyclic) bond motifs is 3. The molecule has 2 nitrogen and oxygen atoms in total. The van der Waals surface area contributed by atoms with Crippen molar-refractivity contribution >= 4 is 28.2 Å². The minimum absolute atomic E-state index is 0.297. The molecule has 0 saturated heterocycles. The van der Waals surface area contributed by atoms with Crippen molar-refractivity contribution in [3.8, 4) is 0 Å². The maximum atomic E-state index is 13.5. The van der Waals surface area contributed by atoms with E-state index in [9.17, 15) is 4.39 Å². The number of para-hydroxylation sites is 1. The molecule has 0 aliphatic heterocycles. The molecule has 4 heteroatoms. The first-order valence-corrected chi connectivity index (χ1v) is 4.86. The molecule has 0 bridgehead atoms. The molecule has 0 N–H and O–H groups in total. The van der Waals surface area contributed by atoms with E-state index >= 15 is 0 Å². The molecule has 0 saturated carbocycles. The summed E-state index contributed by atoms with van der Waals surface area (Å²) in [5.74, 6) is -0.356. The van der Waals surface area contributed by atoms with Crippen molar-refractivity contribution in [3.05, 3.63) is 47.5 Å². The van der Waals surface area contributed by atoms with Crippen molar-refractivity contribution in [2.45, 2.75) is 0 Å². The maximum Gasteiger partial charge on any atom is 0.153 e. The smallest absolute Gasteiger partial charge is 0.153 e. The second kappa shape index (κ2) is 2.94. The Balaban J connectivity index is 2.66. The van der Waals surface area contributed by atoms with Gasteiger partial charge in [0.15, 0.2) is 11.0 Å². The average molecular weight is 221 g/mol. The highest BCUT2D eigenvalue weighted by molar-refractivity contribution is 6.33. The monoisotopic (exact) mass is 220 g/mol. The van der Waals surface area contributed by atoms with Crippen LogP contribution in [0.15, 0.2) is 36.5 Å². The quantitative estimate of drug-likeness (QED) is 0.568. The number of nitrogens with zero attached hydrogens (tertiary/aromatic N) is 2. The van der Waals surface area contributed by atoms with Gasteiger partial charge in [0.2, 0.25) is 0 Å². The van der Waals surface area contributed by atoms with Gasteiger partial charge >= 0.3 is 0 Å². The van der Waals surface area contributed by atoms with Gasteiger partial charge in [-0.1, -0.05) is 17.7 Å². The van der Waals surface area contributed by atoms with Gasteiger partial charge in [-0.15, -0.1) is 0 Å². The Kier molecular flexibility index (Phi) is 1.70. The van der Waals surface area contributed by atoms with Crippen LogP contribution < -0.4 is 0 Å². The predicted molar refractivity (Wildman–Crippen MR) is 57.7 cm³/mol. The molecule has 3 rings (SSSR count). The Bertz CT molecular complexity index is 660. The second-order valence-corrected chi connectivity index (χ2v) is 3.63. The predicted octanol–water partition coefficient (Wildman–Crippen LogP) is 3.28. The van der Waals surface area contributed by atoms with Crippen LogP contribution in [0.5, 0.6) is 0 Å². The van der Waals surface area contributed by atoms with Gasteiger partial charge < -0.3 is 4.40 Å². The van der Waals surface area contributed by atoms with E-state index in [4.69, 9.17) is 11.6 Å². The highest BCUT2D eigenvalue weighted by Crippen LogP contribution is 2.23. The van der Waals surface area contributed by atoms with E-state index in [1.807, 2.05) is 28.8 Å². The molecule has 0 radical (unpaired) electrons. The van der Waals surface area contributed by atoms with E-state index in [0.717, 1.165) is 11.0 Å². The molecule has 0 aliphatic carbocycles. The summed E-state index contributed by atoms with van der Waals surface area (Å²) < 4.78 is 15.3. The summed E-state index contributed by atoms with van der Waals surface area (Å²) in [6.07, 6.45) is 1.84. The van der Waals surface area contributed by atoms with Crippen molar-refractivity contribution < 1.29 is 4.39 Å². The molecule has 0 spiro atoms. The van der Waals surface area contributed by atoms with Crippen molar-refractivity contribution in [2.75, 3.05) is 0 Å². The van der Waals surface area contributed by atoms with Crippen LogP contribution in [0, 0.1) is 5.82 Å². The van der Waals surface area contributed by atoms with Crippen molar-refractivity contribution in [2.24, 2.45) is 0 Å². The first-order valence-electron chi connectivity index (χ1n) is 4.48. The fourth-order valence-corrected chi connectivity index (χ4v) is 1.96. The van der Waals surface area contributed by atoms with E-state index < -0.39 is 0 Å². The zero-order chi connectivity index (χ0) is 10.4. The van der Waals surface area contributed by atoms with Crippen LogP contribution in [0.1, 0.15) is 0 Å². The molecule has 1 aromatic carbocycles. The largest absolute Gasteiger partial charge is 0.312 e. The Morgan fingerprint density at radius 2 is 1.93 bits per heavy atom. The van der Waals surface area contributed by atoms with Gasteiger partial charge in [-0.05, 0) is 24.3 Å². The Morgan fingerprint density at radius 1 is 1.13 bits per heavy atom. The Hall–Kier alpha value is -1.61. The minimum atomic E-state index is -0.356. The van der Waals surface area contributed by atoms with Crippen molar-refractivity contribution in [3.63, 3.8) is 0 Å². The summed E-state index contributed by atoms with van der Waals surface area (Å²) in [6, 6.07) is 8.55. The molecular weight excluding hydrogens is 215 g/mol. The Morgan fingerprint density at radius 3 is 2.80 bits per heavy atom. The number of aromatic nitrogens is 2. The fourth-order valence-electron chi connectivity index (χ4n) is 1.72. The first-order chi connectivity index (χ1) is 7.27. The summed E-state index contributed by atoms with van der Waals surface area (Å²) in [6.45, 7) is 0. The third-order valence-corrected chi connectivity index (χ3v) is 2.67. The molecule has 0 unspecified atom stereocenters. The van der Waals surface area contributed by atoms with Crippen LogP contribution in [-0.2, 0) is 0 Å². The van der Waals surface area contributed by atoms with E-state index in [1.165, 1.54) is 6.07 Å². The lowest BCUT2D eigenvalue weighted by atomic mass is 10.3. The van der Waals surface area contributed by atoms with Gasteiger partial charge in [0.05, 0.1) is 11.0 Å². The zero-order valence-electron chi connectivity index (χ0n) is 7.61. The van der Waals surface area contributed by atoms with Gasteiger partial charge in [0.25, 0.3) is 0 Å². The Labute approximate surface area is 89.9 Å². The fraction of sp³-hybridized carbons (Fsp3) is 0. The van der Waals surface area contributed by atoms with Crippen LogP contribution in [0.25, 0.3) is 16.6 Å². The third kappa shape index (κ3) is 1.13. The summed E-state index contributed by atoms with van der Waals surface area (Å²) >= 11 is 5.95. The number of hydrogen-bond acceptors (Lipinski definition) is 1. The van der Waals surface area contributed by atoms with Crippen molar-refractivity contribution in [1.29, 1.82) is 0 Å². The summed E-state index contributed by atoms with van der Waals surface area (Å²) in [5.41, 5.74) is 1.81. The molecule has 0 amide bonds. The molecule has 15 heavy (non-hydrogen) atoms. The van der Waals surface area contributed by atoms with Crippen LogP contribution in [0.2, 0.25) is 5.15 Å². The van der Waals surface area contributed by atoms with Crippen molar-refractivity contribution in [1.82, 2.24) is 9.38 Å². The van der Waals surface area contributed by atoms with Gasteiger partial charge in [0, 0.05) is 6.20 Å². The highest BCUT2D eigenvalue weighted by Gasteiger charge is 2.08. The SMILES string of the molecule is Fc1cccc2c1nc(Cl)c1cccn12. The van der Waals surface area contributed by atoms with Crippen LogP contribution >= 0.6 is 11.6 Å².